The fourth-order valence-corrected chi connectivity index (χ4v) is 3.03. The summed E-state index contributed by atoms with van der Waals surface area (Å²) in [7, 11) is 0. The molecule has 0 atom stereocenters. The first-order valence-corrected chi connectivity index (χ1v) is 9.78. The summed E-state index contributed by atoms with van der Waals surface area (Å²) in [6, 6.07) is 21.4. The minimum absolute atomic E-state index is 0.0102. The molecule has 7 heteroatoms. The molecule has 1 aliphatic heterocycles. The number of ether oxygens (including phenoxy) is 3. The summed E-state index contributed by atoms with van der Waals surface area (Å²) in [5.74, 6) is 1.61. The van der Waals surface area contributed by atoms with Gasteiger partial charge >= 0.3 is 0 Å². The predicted octanol–water partition coefficient (Wildman–Crippen LogP) is 5.19. The van der Waals surface area contributed by atoms with Gasteiger partial charge in [-0.25, -0.2) is 0 Å². The van der Waals surface area contributed by atoms with E-state index in [4.69, 9.17) is 25.8 Å². The predicted molar refractivity (Wildman–Crippen MR) is 117 cm³/mol. The lowest BCUT2D eigenvalue weighted by molar-refractivity contribution is -0.112. The third-order valence-electron chi connectivity index (χ3n) is 4.50. The van der Waals surface area contributed by atoms with Crippen LogP contribution in [0.3, 0.4) is 0 Å². The van der Waals surface area contributed by atoms with Gasteiger partial charge in [0.2, 0.25) is 6.79 Å². The van der Waals surface area contributed by atoms with E-state index in [1.807, 2.05) is 24.3 Å². The highest BCUT2D eigenvalue weighted by atomic mass is 35.5. The van der Waals surface area contributed by atoms with Crippen molar-refractivity contribution in [1.82, 2.24) is 0 Å². The number of carbonyl (C=O) groups is 1. The first kappa shape index (κ1) is 20.3. The molecule has 0 saturated heterocycles. The van der Waals surface area contributed by atoms with Crippen LogP contribution in [0.2, 0.25) is 5.02 Å². The van der Waals surface area contributed by atoms with E-state index >= 15 is 0 Å². The summed E-state index contributed by atoms with van der Waals surface area (Å²) in [4.78, 5) is 12.4. The second-order valence-corrected chi connectivity index (χ2v) is 7.11. The Hall–Kier alpha value is -3.95. The third-order valence-corrected chi connectivity index (χ3v) is 4.75. The summed E-state index contributed by atoms with van der Waals surface area (Å²) < 4.78 is 16.5. The zero-order valence-corrected chi connectivity index (χ0v) is 17.1. The number of anilines is 1. The SMILES string of the molecule is N#C/C(=C/c1ccc(OCc2ccc3c(c2)OCO3)cc1)C(=O)Nc1ccc(Cl)cc1. The number of rotatable bonds is 6. The number of benzene rings is 3. The minimum Gasteiger partial charge on any atom is -0.489 e. The van der Waals surface area contributed by atoms with E-state index in [-0.39, 0.29) is 12.4 Å². The molecule has 1 aliphatic rings. The summed E-state index contributed by atoms with van der Waals surface area (Å²) >= 11 is 5.84. The number of hydrogen-bond donors (Lipinski definition) is 1. The number of nitrogens with one attached hydrogen (secondary N) is 1. The van der Waals surface area contributed by atoms with E-state index in [9.17, 15) is 10.1 Å². The van der Waals surface area contributed by atoms with Crippen LogP contribution in [0.25, 0.3) is 6.08 Å². The van der Waals surface area contributed by atoms with Crippen LogP contribution in [-0.4, -0.2) is 12.7 Å². The normalized spacial score (nSPS) is 12.2. The van der Waals surface area contributed by atoms with Crippen molar-refractivity contribution in [2.75, 3.05) is 12.1 Å². The van der Waals surface area contributed by atoms with Crippen LogP contribution in [0.15, 0.2) is 72.3 Å². The zero-order chi connectivity index (χ0) is 21.6. The number of nitrogens with zero attached hydrogens (tertiary/aromatic N) is 1. The van der Waals surface area contributed by atoms with Gasteiger partial charge in [0.1, 0.15) is 24.0 Å². The van der Waals surface area contributed by atoms with Gasteiger partial charge in [-0.3, -0.25) is 4.79 Å². The van der Waals surface area contributed by atoms with Crippen molar-refractivity contribution in [3.05, 3.63) is 88.5 Å². The molecule has 0 unspecified atom stereocenters. The fraction of sp³-hybridized carbons (Fsp3) is 0.0833. The molecule has 4 rings (SSSR count). The molecule has 0 bridgehead atoms. The molecule has 3 aromatic carbocycles. The number of carbonyl (C=O) groups excluding carboxylic acids is 1. The van der Waals surface area contributed by atoms with Gasteiger partial charge in [-0.15, -0.1) is 0 Å². The van der Waals surface area contributed by atoms with Gasteiger partial charge in [-0.2, -0.15) is 5.26 Å². The number of amides is 1. The minimum atomic E-state index is -0.493. The lowest BCUT2D eigenvalue weighted by atomic mass is 10.1. The standard InChI is InChI=1S/C24H17ClN2O4/c25-19-4-6-20(7-5-19)27-24(28)18(13-26)11-16-1-8-21(9-2-16)29-14-17-3-10-22-23(12-17)31-15-30-22/h1-12H,14-15H2,(H,27,28)/b18-11-. The molecule has 6 nitrogen and oxygen atoms in total. The van der Waals surface area contributed by atoms with Crippen LogP contribution >= 0.6 is 11.6 Å². The molecule has 0 spiro atoms. The first-order valence-electron chi connectivity index (χ1n) is 9.41. The van der Waals surface area contributed by atoms with Crippen LogP contribution in [0.5, 0.6) is 17.2 Å². The van der Waals surface area contributed by atoms with E-state index in [0.717, 1.165) is 11.3 Å². The van der Waals surface area contributed by atoms with Gasteiger partial charge in [-0.05, 0) is 65.7 Å². The highest BCUT2D eigenvalue weighted by Crippen LogP contribution is 2.32. The first-order chi connectivity index (χ1) is 15.1. The van der Waals surface area contributed by atoms with Crippen molar-refractivity contribution < 1.29 is 19.0 Å². The van der Waals surface area contributed by atoms with E-state index in [1.54, 1.807) is 48.5 Å². The van der Waals surface area contributed by atoms with Crippen molar-refractivity contribution >= 4 is 29.3 Å². The van der Waals surface area contributed by atoms with E-state index in [0.29, 0.717) is 34.4 Å². The molecule has 0 fully saturated rings. The molecule has 31 heavy (non-hydrogen) atoms. The molecule has 0 aromatic heterocycles. The average Bonchev–Trinajstić information content (AvgIpc) is 3.26. The van der Waals surface area contributed by atoms with Gasteiger partial charge in [0, 0.05) is 10.7 Å². The second kappa shape index (κ2) is 9.24. The second-order valence-electron chi connectivity index (χ2n) is 6.68. The lowest BCUT2D eigenvalue weighted by Crippen LogP contribution is -2.13. The summed E-state index contributed by atoms with van der Waals surface area (Å²) in [6.07, 6.45) is 1.52. The van der Waals surface area contributed by atoms with Crippen LogP contribution < -0.4 is 19.5 Å². The smallest absolute Gasteiger partial charge is 0.266 e. The van der Waals surface area contributed by atoms with Crippen LogP contribution in [0.4, 0.5) is 5.69 Å². The summed E-state index contributed by atoms with van der Waals surface area (Å²) in [5, 5.41) is 12.6. The van der Waals surface area contributed by atoms with Gasteiger partial charge in [0.25, 0.3) is 5.91 Å². The van der Waals surface area contributed by atoms with Gasteiger partial charge in [0.05, 0.1) is 0 Å². The van der Waals surface area contributed by atoms with E-state index in [2.05, 4.69) is 5.32 Å². The molecule has 1 N–H and O–H groups in total. The van der Waals surface area contributed by atoms with Crippen LogP contribution in [0, 0.1) is 11.3 Å². The number of fused-ring (bicyclic) bond motifs is 1. The Labute approximate surface area is 184 Å². The largest absolute Gasteiger partial charge is 0.489 e. The zero-order valence-electron chi connectivity index (χ0n) is 16.3. The average molecular weight is 433 g/mol. The molecule has 1 heterocycles. The topological polar surface area (TPSA) is 80.6 Å². The third kappa shape index (κ3) is 5.16. The molecule has 0 radical (unpaired) electrons. The molecule has 3 aromatic rings. The van der Waals surface area contributed by atoms with E-state index in [1.165, 1.54) is 6.08 Å². The summed E-state index contributed by atoms with van der Waals surface area (Å²) in [5.41, 5.74) is 2.21. The summed E-state index contributed by atoms with van der Waals surface area (Å²) in [6.45, 7) is 0.607. The number of nitriles is 1. The van der Waals surface area contributed by atoms with Crippen LogP contribution in [0.1, 0.15) is 11.1 Å². The maximum atomic E-state index is 12.4. The molecule has 154 valence electrons. The Kier molecular flexibility index (Phi) is 6.06. The van der Waals surface area contributed by atoms with Crippen LogP contribution in [-0.2, 0) is 11.4 Å². The Morgan fingerprint density at radius 2 is 1.81 bits per heavy atom. The Balaban J connectivity index is 1.38. The highest BCUT2D eigenvalue weighted by Gasteiger charge is 2.13. The monoisotopic (exact) mass is 432 g/mol. The molecule has 0 aliphatic carbocycles. The quantitative estimate of drug-likeness (QED) is 0.428. The molecule has 1 amide bonds. The maximum absolute atomic E-state index is 12.4. The highest BCUT2D eigenvalue weighted by molar-refractivity contribution is 6.30. The van der Waals surface area contributed by atoms with Gasteiger partial charge < -0.3 is 19.5 Å². The Morgan fingerprint density at radius 1 is 1.06 bits per heavy atom. The fourth-order valence-electron chi connectivity index (χ4n) is 2.90. The van der Waals surface area contributed by atoms with Crippen molar-refractivity contribution in [3.63, 3.8) is 0 Å². The number of halogens is 1. The Bertz CT molecular complexity index is 1170. The Morgan fingerprint density at radius 3 is 2.55 bits per heavy atom. The molecular formula is C24H17ClN2O4. The lowest BCUT2D eigenvalue weighted by Gasteiger charge is -2.08. The van der Waals surface area contributed by atoms with Gasteiger partial charge in [0.15, 0.2) is 11.5 Å². The maximum Gasteiger partial charge on any atom is 0.266 e. The van der Waals surface area contributed by atoms with Crippen molar-refractivity contribution in [3.8, 4) is 23.3 Å². The van der Waals surface area contributed by atoms with E-state index < -0.39 is 5.91 Å². The number of hydrogen-bond acceptors (Lipinski definition) is 5. The molecule has 0 saturated carbocycles. The van der Waals surface area contributed by atoms with Crippen molar-refractivity contribution in [2.45, 2.75) is 6.61 Å². The van der Waals surface area contributed by atoms with Crippen molar-refractivity contribution in [2.24, 2.45) is 0 Å². The van der Waals surface area contributed by atoms with Gasteiger partial charge in [-0.1, -0.05) is 29.8 Å². The van der Waals surface area contributed by atoms with Crippen molar-refractivity contribution in [1.29, 1.82) is 5.26 Å². The molecular weight excluding hydrogens is 416 g/mol.